The third-order valence-electron chi connectivity index (χ3n) is 5.31. The summed E-state index contributed by atoms with van der Waals surface area (Å²) >= 11 is 9.27. The fourth-order valence-corrected chi connectivity index (χ4v) is 5.38. The van der Waals surface area contributed by atoms with Crippen molar-refractivity contribution in [1.82, 2.24) is 9.73 Å². The van der Waals surface area contributed by atoms with Crippen molar-refractivity contribution in [3.05, 3.63) is 118 Å². The maximum absolute atomic E-state index is 13.4. The van der Waals surface area contributed by atoms with E-state index in [-0.39, 0.29) is 23.7 Å². The third kappa shape index (κ3) is 7.87. The number of benzene rings is 3. The van der Waals surface area contributed by atoms with Crippen LogP contribution in [0.3, 0.4) is 0 Å². The largest absolute Gasteiger partial charge is 0.459 e. The predicted molar refractivity (Wildman–Crippen MR) is 152 cm³/mol. The molecule has 39 heavy (non-hydrogen) atoms. The van der Waals surface area contributed by atoms with Gasteiger partial charge in [0.1, 0.15) is 11.5 Å². The number of halogens is 2. The zero-order valence-electron chi connectivity index (χ0n) is 20.3. The van der Waals surface area contributed by atoms with Crippen molar-refractivity contribution in [1.29, 1.82) is 0 Å². The van der Waals surface area contributed by atoms with E-state index in [0.29, 0.717) is 16.5 Å². The van der Waals surface area contributed by atoms with Crippen LogP contribution in [0.15, 0.2) is 110 Å². The van der Waals surface area contributed by atoms with Gasteiger partial charge in [0.15, 0.2) is 0 Å². The van der Waals surface area contributed by atoms with Crippen molar-refractivity contribution in [3.63, 3.8) is 0 Å². The second kappa shape index (κ2) is 12.9. The first-order valence-corrected chi connectivity index (χ1v) is 14.1. The van der Waals surface area contributed by atoms with Crippen LogP contribution >= 0.6 is 27.5 Å². The van der Waals surface area contributed by atoms with Gasteiger partial charge in [-0.1, -0.05) is 63.9 Å². The van der Waals surface area contributed by atoms with Gasteiger partial charge in [-0.15, -0.1) is 0 Å². The smallest absolute Gasteiger partial charge is 0.329 e. The zero-order chi connectivity index (χ0) is 27.8. The number of rotatable bonds is 9. The summed E-state index contributed by atoms with van der Waals surface area (Å²) in [7, 11) is -3.86. The molecule has 2 N–H and O–H groups in total. The van der Waals surface area contributed by atoms with E-state index in [1.165, 1.54) is 22.7 Å². The van der Waals surface area contributed by atoms with Crippen LogP contribution in [0.25, 0.3) is 0 Å². The fraction of sp³-hybridized carbons (Fsp3) is 0.0741. The number of sulfonamides is 1. The third-order valence-corrected chi connectivity index (χ3v) is 7.87. The Kier molecular flexibility index (Phi) is 9.31. The summed E-state index contributed by atoms with van der Waals surface area (Å²) in [5.74, 6) is -1.26. The van der Waals surface area contributed by atoms with Gasteiger partial charge >= 0.3 is 11.8 Å². The lowest BCUT2D eigenvalue weighted by Crippen LogP contribution is -2.32. The first kappa shape index (κ1) is 28.2. The van der Waals surface area contributed by atoms with Crippen LogP contribution in [0.5, 0.6) is 0 Å². The lowest BCUT2D eigenvalue weighted by Gasteiger charge is -2.21. The number of anilines is 1. The summed E-state index contributed by atoms with van der Waals surface area (Å²) in [6.45, 7) is 0.0246. The molecule has 4 rings (SSSR count). The molecular formula is C27H22BrClN4O5S. The van der Waals surface area contributed by atoms with Gasteiger partial charge in [-0.05, 0) is 60.2 Å². The molecule has 0 radical (unpaired) electrons. The van der Waals surface area contributed by atoms with Crippen LogP contribution in [0.4, 0.5) is 5.69 Å². The SMILES string of the molecule is O=C(N/N=C/c1ccc(CN(Cc2ccc(Cl)cc2)S(=O)(=O)c2ccccc2)o1)C(=O)Nc1cccc(Br)c1. The average molecular weight is 630 g/mol. The Hall–Kier alpha value is -3.77. The number of furan rings is 1. The number of nitrogens with one attached hydrogen (secondary N) is 2. The average Bonchev–Trinajstić information content (AvgIpc) is 3.37. The van der Waals surface area contributed by atoms with E-state index in [0.717, 1.165) is 10.0 Å². The zero-order valence-corrected chi connectivity index (χ0v) is 23.4. The van der Waals surface area contributed by atoms with E-state index in [4.69, 9.17) is 16.0 Å². The monoisotopic (exact) mass is 628 g/mol. The van der Waals surface area contributed by atoms with Crippen LogP contribution in [0, 0.1) is 0 Å². The summed E-state index contributed by atoms with van der Waals surface area (Å²) in [5, 5.41) is 6.76. The van der Waals surface area contributed by atoms with Crippen molar-refractivity contribution in [2.75, 3.05) is 5.32 Å². The lowest BCUT2D eigenvalue weighted by molar-refractivity contribution is -0.136. The first-order chi connectivity index (χ1) is 18.7. The Balaban J connectivity index is 1.43. The summed E-state index contributed by atoms with van der Waals surface area (Å²) in [4.78, 5) is 24.3. The minimum absolute atomic E-state index is 0.0604. The van der Waals surface area contributed by atoms with Crippen molar-refractivity contribution in [2.24, 2.45) is 5.10 Å². The highest BCUT2D eigenvalue weighted by molar-refractivity contribution is 9.10. The Bertz CT molecular complexity index is 1590. The summed E-state index contributed by atoms with van der Waals surface area (Å²) < 4.78 is 34.6. The molecule has 0 aliphatic carbocycles. The summed E-state index contributed by atoms with van der Waals surface area (Å²) in [6.07, 6.45) is 1.21. The van der Waals surface area contributed by atoms with Crippen LogP contribution in [-0.4, -0.2) is 30.8 Å². The topological polar surface area (TPSA) is 121 Å². The molecule has 4 aromatic rings. The molecule has 9 nitrogen and oxygen atoms in total. The second-order valence-corrected chi connectivity index (χ2v) is 11.5. The van der Waals surface area contributed by atoms with Crippen molar-refractivity contribution >= 4 is 61.3 Å². The Morgan fingerprint density at radius 3 is 2.38 bits per heavy atom. The van der Waals surface area contributed by atoms with Crippen molar-refractivity contribution < 1.29 is 22.4 Å². The molecule has 0 bridgehead atoms. The van der Waals surface area contributed by atoms with Gasteiger partial charge in [-0.3, -0.25) is 9.59 Å². The minimum atomic E-state index is -3.86. The number of amides is 2. The molecular weight excluding hydrogens is 608 g/mol. The second-order valence-electron chi connectivity index (χ2n) is 8.18. The van der Waals surface area contributed by atoms with Crippen LogP contribution in [0.1, 0.15) is 17.1 Å². The van der Waals surface area contributed by atoms with Gasteiger partial charge in [-0.25, -0.2) is 13.8 Å². The highest BCUT2D eigenvalue weighted by atomic mass is 79.9. The van der Waals surface area contributed by atoms with E-state index in [1.54, 1.807) is 78.9 Å². The quantitative estimate of drug-likeness (QED) is 0.150. The number of nitrogens with zero attached hydrogens (tertiary/aromatic N) is 2. The Labute approximate surface area is 238 Å². The van der Waals surface area contributed by atoms with E-state index < -0.39 is 21.8 Å². The Morgan fingerprint density at radius 1 is 0.923 bits per heavy atom. The molecule has 1 aromatic heterocycles. The molecule has 200 valence electrons. The van der Waals surface area contributed by atoms with Gasteiger partial charge in [-0.2, -0.15) is 9.41 Å². The molecule has 12 heteroatoms. The number of hydrazone groups is 1. The normalized spacial score (nSPS) is 11.6. The maximum atomic E-state index is 13.4. The molecule has 3 aromatic carbocycles. The number of hydrogen-bond donors (Lipinski definition) is 2. The molecule has 0 aliphatic rings. The molecule has 0 atom stereocenters. The molecule has 0 saturated heterocycles. The molecule has 0 aliphatic heterocycles. The summed E-state index contributed by atoms with van der Waals surface area (Å²) in [6, 6.07) is 25.0. The highest BCUT2D eigenvalue weighted by Gasteiger charge is 2.26. The molecule has 0 fully saturated rings. The van der Waals surface area contributed by atoms with E-state index in [2.05, 4.69) is 31.8 Å². The lowest BCUT2D eigenvalue weighted by atomic mass is 10.2. The standard InChI is InChI=1S/C27H22BrClN4O5S/c28-20-5-4-6-22(15-20)31-26(34)27(35)32-30-16-23-13-14-24(38-23)18-33(17-19-9-11-21(29)12-10-19)39(36,37)25-7-2-1-3-8-25/h1-16H,17-18H2,(H,31,34)(H,32,35)/b30-16+. The van der Waals surface area contributed by atoms with Crippen molar-refractivity contribution in [2.45, 2.75) is 18.0 Å². The maximum Gasteiger partial charge on any atom is 0.329 e. The fourth-order valence-electron chi connectivity index (χ4n) is 3.44. The molecule has 0 spiro atoms. The Morgan fingerprint density at radius 2 is 1.67 bits per heavy atom. The minimum Gasteiger partial charge on any atom is -0.459 e. The van der Waals surface area contributed by atoms with Gasteiger partial charge in [0.25, 0.3) is 0 Å². The van der Waals surface area contributed by atoms with Gasteiger partial charge in [0, 0.05) is 21.7 Å². The van der Waals surface area contributed by atoms with Gasteiger partial charge in [0.05, 0.1) is 17.7 Å². The van der Waals surface area contributed by atoms with Crippen molar-refractivity contribution in [3.8, 4) is 0 Å². The highest BCUT2D eigenvalue weighted by Crippen LogP contribution is 2.22. The first-order valence-electron chi connectivity index (χ1n) is 11.5. The molecule has 1 heterocycles. The predicted octanol–water partition coefficient (Wildman–Crippen LogP) is 5.18. The van der Waals surface area contributed by atoms with E-state index >= 15 is 0 Å². The van der Waals surface area contributed by atoms with Crippen LogP contribution in [-0.2, 0) is 32.7 Å². The van der Waals surface area contributed by atoms with Gasteiger partial charge < -0.3 is 9.73 Å². The van der Waals surface area contributed by atoms with Crippen LogP contribution in [0.2, 0.25) is 5.02 Å². The molecule has 0 saturated carbocycles. The number of carbonyl (C=O) groups is 2. The molecule has 0 unspecified atom stereocenters. The van der Waals surface area contributed by atoms with E-state index in [1.807, 2.05) is 0 Å². The number of hydrogen-bond acceptors (Lipinski definition) is 6. The number of carbonyl (C=O) groups excluding carboxylic acids is 2. The molecule has 2 amide bonds. The summed E-state index contributed by atoms with van der Waals surface area (Å²) in [5.41, 5.74) is 3.32. The van der Waals surface area contributed by atoms with E-state index in [9.17, 15) is 18.0 Å². The van der Waals surface area contributed by atoms with Crippen LogP contribution < -0.4 is 10.7 Å². The van der Waals surface area contributed by atoms with Gasteiger partial charge in [0.2, 0.25) is 10.0 Å².